The summed E-state index contributed by atoms with van der Waals surface area (Å²) in [7, 11) is 0. The third-order valence-corrected chi connectivity index (χ3v) is 6.43. The Morgan fingerprint density at radius 1 is 1.09 bits per heavy atom. The number of carbonyl (C=O) groups is 2. The van der Waals surface area contributed by atoms with Crippen LogP contribution in [0.1, 0.15) is 26.7 Å². The Balaban J connectivity index is 1.41. The molecule has 2 heterocycles. The van der Waals surface area contributed by atoms with E-state index < -0.39 is 11.8 Å². The number of aryl methyl sites for hydroxylation is 2. The van der Waals surface area contributed by atoms with Crippen LogP contribution in [0.15, 0.2) is 57.3 Å². The number of carbonyl (C=O) groups excluding carboxylic acids is 2. The first-order chi connectivity index (χ1) is 15.5. The van der Waals surface area contributed by atoms with Crippen molar-refractivity contribution < 1.29 is 18.7 Å². The molecule has 0 fully saturated rings. The molecule has 4 rings (SSSR count). The minimum absolute atomic E-state index is 0.139. The van der Waals surface area contributed by atoms with Crippen LogP contribution < -0.4 is 15.6 Å². The number of aromatic nitrogens is 2. The quantitative estimate of drug-likeness (QED) is 0.311. The maximum Gasteiger partial charge on any atom is 0.305 e. The SMILES string of the molecule is Cc1cccc(OCC(=O)NNC(=O)c2oc3ccccc3c2CSc2nnc(C)s2)c1. The molecular formula is C22H20N4O4S2. The topological polar surface area (TPSA) is 106 Å². The van der Waals surface area contributed by atoms with E-state index in [1.807, 2.05) is 50.2 Å². The van der Waals surface area contributed by atoms with Crippen LogP contribution in [0.3, 0.4) is 0 Å². The summed E-state index contributed by atoms with van der Waals surface area (Å²) < 4.78 is 12.0. The number of hydrogen-bond acceptors (Lipinski definition) is 8. The Morgan fingerprint density at radius 2 is 1.94 bits per heavy atom. The molecule has 0 saturated heterocycles. The van der Waals surface area contributed by atoms with Crippen LogP contribution in [0.4, 0.5) is 0 Å². The van der Waals surface area contributed by atoms with Crippen molar-refractivity contribution in [1.82, 2.24) is 21.0 Å². The Kier molecular flexibility index (Phi) is 6.72. The van der Waals surface area contributed by atoms with Crippen molar-refractivity contribution in [2.75, 3.05) is 6.61 Å². The monoisotopic (exact) mass is 468 g/mol. The molecule has 0 atom stereocenters. The van der Waals surface area contributed by atoms with Gasteiger partial charge >= 0.3 is 5.91 Å². The number of benzene rings is 2. The Hall–Kier alpha value is -3.37. The van der Waals surface area contributed by atoms with Gasteiger partial charge in [-0.25, -0.2) is 0 Å². The number of hydrazine groups is 1. The zero-order valence-corrected chi connectivity index (χ0v) is 19.0. The van der Waals surface area contributed by atoms with Crippen LogP contribution in [0, 0.1) is 13.8 Å². The van der Waals surface area contributed by atoms with Gasteiger partial charge in [0.25, 0.3) is 5.91 Å². The average Bonchev–Trinajstić information content (AvgIpc) is 3.37. The van der Waals surface area contributed by atoms with Gasteiger partial charge < -0.3 is 9.15 Å². The zero-order chi connectivity index (χ0) is 22.5. The number of ether oxygens (including phenoxy) is 1. The summed E-state index contributed by atoms with van der Waals surface area (Å²) in [5.41, 5.74) is 7.11. The third-order valence-electron chi connectivity index (χ3n) is 4.43. The number of furan rings is 1. The lowest BCUT2D eigenvalue weighted by Crippen LogP contribution is -2.44. The summed E-state index contributed by atoms with van der Waals surface area (Å²) in [5.74, 6) is 0.152. The zero-order valence-electron chi connectivity index (χ0n) is 17.4. The second-order valence-electron chi connectivity index (χ2n) is 6.89. The number of fused-ring (bicyclic) bond motifs is 1. The lowest BCUT2D eigenvalue weighted by atomic mass is 10.1. The first-order valence-corrected chi connectivity index (χ1v) is 11.5. The fraction of sp³-hybridized carbons (Fsp3) is 0.182. The maximum atomic E-state index is 12.8. The summed E-state index contributed by atoms with van der Waals surface area (Å²) in [5, 5.41) is 9.83. The van der Waals surface area contributed by atoms with E-state index in [9.17, 15) is 9.59 Å². The van der Waals surface area contributed by atoms with Gasteiger partial charge in [0.1, 0.15) is 16.3 Å². The molecule has 2 N–H and O–H groups in total. The van der Waals surface area contributed by atoms with Crippen LogP contribution >= 0.6 is 23.1 Å². The van der Waals surface area contributed by atoms with Crippen LogP contribution in [-0.4, -0.2) is 28.6 Å². The number of thioether (sulfide) groups is 1. The number of rotatable bonds is 7. The first-order valence-electron chi connectivity index (χ1n) is 9.71. The summed E-state index contributed by atoms with van der Waals surface area (Å²) in [6.45, 7) is 3.59. The molecule has 2 aromatic heterocycles. The summed E-state index contributed by atoms with van der Waals surface area (Å²) in [4.78, 5) is 24.9. The first kappa shape index (κ1) is 21.8. The van der Waals surface area contributed by atoms with Crippen molar-refractivity contribution >= 4 is 45.9 Å². The van der Waals surface area contributed by atoms with E-state index in [1.165, 1.54) is 23.1 Å². The Morgan fingerprint density at radius 3 is 2.72 bits per heavy atom. The summed E-state index contributed by atoms with van der Waals surface area (Å²) in [6.07, 6.45) is 0. The van der Waals surface area contributed by atoms with E-state index in [0.29, 0.717) is 17.1 Å². The summed E-state index contributed by atoms with van der Waals surface area (Å²) in [6, 6.07) is 14.8. The Bertz CT molecular complexity index is 1270. The van der Waals surface area contributed by atoms with Crippen LogP contribution in [0.5, 0.6) is 5.75 Å². The molecule has 0 bridgehead atoms. The van der Waals surface area contributed by atoms with Gasteiger partial charge in [0.05, 0.1) is 0 Å². The van der Waals surface area contributed by atoms with E-state index in [1.54, 1.807) is 12.1 Å². The molecule has 164 valence electrons. The van der Waals surface area contributed by atoms with Crippen molar-refractivity contribution in [3.8, 4) is 5.75 Å². The van der Waals surface area contributed by atoms with Crippen molar-refractivity contribution in [3.63, 3.8) is 0 Å². The van der Waals surface area contributed by atoms with E-state index in [0.717, 1.165) is 25.9 Å². The van der Waals surface area contributed by atoms with Gasteiger partial charge in [0.15, 0.2) is 16.7 Å². The molecule has 4 aromatic rings. The van der Waals surface area contributed by atoms with E-state index in [4.69, 9.17) is 9.15 Å². The molecule has 10 heteroatoms. The maximum absolute atomic E-state index is 12.8. The fourth-order valence-electron chi connectivity index (χ4n) is 2.97. The van der Waals surface area contributed by atoms with Crippen LogP contribution in [0.2, 0.25) is 0 Å². The van der Waals surface area contributed by atoms with E-state index in [-0.39, 0.29) is 12.4 Å². The molecule has 2 aromatic carbocycles. The fourth-order valence-corrected chi connectivity index (χ4v) is 4.81. The van der Waals surface area contributed by atoms with Crippen molar-refractivity contribution in [1.29, 1.82) is 0 Å². The molecular weight excluding hydrogens is 448 g/mol. The standard InChI is InChI=1S/C22H20N4O4S2/c1-13-6-5-7-15(10-13)29-11-19(27)24-25-21(28)20-17(12-31-22-26-23-14(2)32-22)16-8-3-4-9-18(16)30-20/h3-10H,11-12H2,1-2H3,(H,24,27)(H,25,28). The van der Waals surface area contributed by atoms with Gasteiger partial charge in [-0.15, -0.1) is 10.2 Å². The molecule has 2 amide bonds. The number of amides is 2. The molecule has 0 radical (unpaired) electrons. The Labute approximate surface area is 192 Å². The van der Waals surface area contributed by atoms with E-state index >= 15 is 0 Å². The number of nitrogens with zero attached hydrogens (tertiary/aromatic N) is 2. The van der Waals surface area contributed by atoms with Crippen molar-refractivity contribution in [2.24, 2.45) is 0 Å². The van der Waals surface area contributed by atoms with Gasteiger partial charge in [-0.1, -0.05) is 53.4 Å². The molecule has 0 aliphatic carbocycles. The lowest BCUT2D eigenvalue weighted by Gasteiger charge is -2.09. The molecule has 8 nitrogen and oxygen atoms in total. The smallest absolute Gasteiger partial charge is 0.305 e. The minimum atomic E-state index is -0.547. The minimum Gasteiger partial charge on any atom is -0.484 e. The van der Waals surface area contributed by atoms with Crippen molar-refractivity contribution in [3.05, 3.63) is 70.4 Å². The van der Waals surface area contributed by atoms with Gasteiger partial charge in [-0.05, 0) is 37.6 Å². The average molecular weight is 469 g/mol. The predicted molar refractivity (Wildman–Crippen MR) is 123 cm³/mol. The molecule has 32 heavy (non-hydrogen) atoms. The molecule has 0 saturated carbocycles. The second kappa shape index (κ2) is 9.84. The van der Waals surface area contributed by atoms with Crippen LogP contribution in [-0.2, 0) is 10.5 Å². The molecule has 0 spiro atoms. The molecule has 0 unspecified atom stereocenters. The van der Waals surface area contributed by atoms with Gasteiger partial charge in [0.2, 0.25) is 0 Å². The molecule has 0 aliphatic rings. The van der Waals surface area contributed by atoms with Crippen LogP contribution in [0.25, 0.3) is 11.0 Å². The largest absolute Gasteiger partial charge is 0.484 e. The highest BCUT2D eigenvalue weighted by molar-refractivity contribution is 8.00. The molecule has 0 aliphatic heterocycles. The van der Waals surface area contributed by atoms with Gasteiger partial charge in [-0.2, -0.15) is 0 Å². The predicted octanol–water partition coefficient (Wildman–Crippen LogP) is 4.03. The summed E-state index contributed by atoms with van der Waals surface area (Å²) >= 11 is 2.96. The number of hydrogen-bond donors (Lipinski definition) is 2. The number of para-hydroxylation sites is 1. The number of nitrogens with one attached hydrogen (secondary N) is 2. The second-order valence-corrected chi connectivity index (χ2v) is 9.29. The van der Waals surface area contributed by atoms with Crippen molar-refractivity contribution in [2.45, 2.75) is 23.9 Å². The highest BCUT2D eigenvalue weighted by Gasteiger charge is 2.21. The third kappa shape index (κ3) is 5.27. The normalized spacial score (nSPS) is 10.8. The lowest BCUT2D eigenvalue weighted by molar-refractivity contribution is -0.123. The van der Waals surface area contributed by atoms with Gasteiger partial charge in [0, 0.05) is 16.7 Å². The highest BCUT2D eigenvalue weighted by Crippen LogP contribution is 2.33. The van der Waals surface area contributed by atoms with E-state index in [2.05, 4.69) is 21.0 Å². The van der Waals surface area contributed by atoms with Gasteiger partial charge in [-0.3, -0.25) is 20.4 Å². The highest BCUT2D eigenvalue weighted by atomic mass is 32.2.